The molecule has 1 aromatic rings. The predicted molar refractivity (Wildman–Crippen MR) is 90.0 cm³/mol. The van der Waals surface area contributed by atoms with Crippen molar-refractivity contribution in [1.29, 1.82) is 0 Å². The second-order valence-corrected chi connectivity index (χ2v) is 7.86. The molecule has 4 aliphatic rings. The molecule has 1 saturated heterocycles. The summed E-state index contributed by atoms with van der Waals surface area (Å²) in [7, 11) is 4.09. The lowest BCUT2D eigenvalue weighted by Crippen LogP contribution is -2.64. The molecule has 0 N–H and O–H groups in total. The number of likely N-dealkylation sites (tertiary alicyclic amines) is 1. The van der Waals surface area contributed by atoms with E-state index in [0.717, 1.165) is 13.0 Å². The monoisotopic (exact) mass is 311 g/mol. The summed E-state index contributed by atoms with van der Waals surface area (Å²) in [5.74, 6) is 2.12. The van der Waals surface area contributed by atoms with Crippen LogP contribution in [0.4, 0.5) is 0 Å². The number of hydrogen-bond donors (Lipinski definition) is 0. The molecule has 2 aliphatic carbocycles. The summed E-state index contributed by atoms with van der Waals surface area (Å²) in [6, 6.07) is 5.21. The van der Waals surface area contributed by atoms with Crippen LogP contribution in [0, 0.1) is 18.8 Å². The van der Waals surface area contributed by atoms with Gasteiger partial charge in [-0.3, -0.25) is 0 Å². The van der Waals surface area contributed by atoms with Gasteiger partial charge >= 0.3 is 0 Å². The van der Waals surface area contributed by atoms with Gasteiger partial charge in [0.2, 0.25) is 0 Å². The molecule has 3 nitrogen and oxygen atoms in total. The number of aryl methyl sites for hydroxylation is 1. The molecule has 23 heavy (non-hydrogen) atoms. The summed E-state index contributed by atoms with van der Waals surface area (Å²) in [6.45, 7) is 4.11. The molecular formula is C20H25NO2. The molecule has 3 heteroatoms. The zero-order valence-electron chi connectivity index (χ0n) is 14.2. The van der Waals surface area contributed by atoms with E-state index < -0.39 is 0 Å². The van der Waals surface area contributed by atoms with E-state index in [1.165, 1.54) is 29.8 Å². The second-order valence-electron chi connectivity index (χ2n) is 7.86. The maximum Gasteiger partial charge on any atom is 0.126 e. The summed E-state index contributed by atoms with van der Waals surface area (Å²) in [5, 5.41) is 0. The molecule has 0 amide bonds. The molecule has 1 aromatic carbocycles. The van der Waals surface area contributed by atoms with Crippen LogP contribution in [0.5, 0.6) is 5.75 Å². The maximum absolute atomic E-state index is 6.66. The van der Waals surface area contributed by atoms with Crippen LogP contribution in [-0.4, -0.2) is 44.4 Å². The summed E-state index contributed by atoms with van der Waals surface area (Å²) in [6.07, 6.45) is 7.45. The van der Waals surface area contributed by atoms with Crippen molar-refractivity contribution in [3.05, 3.63) is 41.0 Å². The van der Waals surface area contributed by atoms with Gasteiger partial charge in [-0.1, -0.05) is 24.3 Å². The Morgan fingerprint density at radius 1 is 1.35 bits per heavy atom. The van der Waals surface area contributed by atoms with Crippen molar-refractivity contribution in [2.45, 2.75) is 37.3 Å². The van der Waals surface area contributed by atoms with E-state index in [1.807, 2.05) is 0 Å². The van der Waals surface area contributed by atoms with E-state index in [-0.39, 0.29) is 11.5 Å². The van der Waals surface area contributed by atoms with Crippen LogP contribution in [0.1, 0.15) is 23.1 Å². The minimum atomic E-state index is 0.171. The van der Waals surface area contributed by atoms with Gasteiger partial charge in [-0.2, -0.15) is 0 Å². The van der Waals surface area contributed by atoms with Crippen LogP contribution in [-0.2, 0) is 16.6 Å². The summed E-state index contributed by atoms with van der Waals surface area (Å²) in [4.78, 5) is 2.56. The fourth-order valence-corrected chi connectivity index (χ4v) is 5.85. The van der Waals surface area contributed by atoms with Crippen molar-refractivity contribution in [2.75, 3.05) is 27.3 Å². The van der Waals surface area contributed by atoms with Crippen molar-refractivity contribution in [3.8, 4) is 5.75 Å². The Hall–Kier alpha value is -1.32. The molecule has 2 heterocycles. The van der Waals surface area contributed by atoms with Crippen LogP contribution in [0.15, 0.2) is 24.3 Å². The molecule has 5 rings (SSSR count). The van der Waals surface area contributed by atoms with E-state index in [9.17, 15) is 0 Å². The summed E-state index contributed by atoms with van der Waals surface area (Å²) >= 11 is 0. The van der Waals surface area contributed by atoms with E-state index in [2.05, 4.69) is 43.2 Å². The van der Waals surface area contributed by atoms with Gasteiger partial charge in [0, 0.05) is 36.0 Å². The Balaban J connectivity index is 1.76. The number of rotatable bonds is 2. The van der Waals surface area contributed by atoms with Crippen LogP contribution in [0.2, 0.25) is 0 Å². The zero-order chi connectivity index (χ0) is 15.8. The lowest BCUT2D eigenvalue weighted by molar-refractivity contribution is -0.0308. The van der Waals surface area contributed by atoms with Gasteiger partial charge in [0.25, 0.3) is 0 Å². The lowest BCUT2D eigenvalue weighted by Gasteiger charge is -2.57. The lowest BCUT2D eigenvalue weighted by atomic mass is 9.52. The average molecular weight is 311 g/mol. The largest absolute Gasteiger partial charge is 0.488 e. The standard InChI is InChI=1S/C20H25NO2/c1-12-4-5-13-10-16-15-7-6-14(11-22-3)19-20(15,8-9-21(16)2)17(13)18(12)23-19/h4-7,14-16,19H,8-11H2,1-3H3. The third kappa shape index (κ3) is 1.58. The number of ether oxygens (including phenoxy) is 2. The molecule has 2 bridgehead atoms. The number of hydrogen-bond acceptors (Lipinski definition) is 3. The molecule has 0 radical (unpaired) electrons. The molecule has 1 fully saturated rings. The third-order valence-corrected chi connectivity index (χ3v) is 6.86. The number of methoxy groups -OCH3 is 1. The van der Waals surface area contributed by atoms with Crippen molar-refractivity contribution < 1.29 is 9.47 Å². The van der Waals surface area contributed by atoms with Crippen molar-refractivity contribution >= 4 is 0 Å². The first-order valence-corrected chi connectivity index (χ1v) is 8.84. The highest BCUT2D eigenvalue weighted by atomic mass is 16.5. The number of piperidine rings is 1. The van der Waals surface area contributed by atoms with E-state index >= 15 is 0 Å². The quantitative estimate of drug-likeness (QED) is 0.784. The third-order valence-electron chi connectivity index (χ3n) is 6.86. The topological polar surface area (TPSA) is 21.7 Å². The maximum atomic E-state index is 6.66. The number of nitrogens with zero attached hydrogens (tertiary/aromatic N) is 1. The second kappa shape index (κ2) is 4.61. The van der Waals surface area contributed by atoms with Crippen LogP contribution >= 0.6 is 0 Å². The Morgan fingerprint density at radius 2 is 2.22 bits per heavy atom. The van der Waals surface area contributed by atoms with Gasteiger partial charge in [-0.05, 0) is 44.5 Å². The van der Waals surface area contributed by atoms with Crippen molar-refractivity contribution in [1.82, 2.24) is 4.90 Å². The average Bonchev–Trinajstić information content (AvgIpc) is 2.90. The molecular weight excluding hydrogens is 286 g/mol. The normalized spacial score (nSPS) is 40.0. The molecule has 5 unspecified atom stereocenters. The fraction of sp³-hybridized carbons (Fsp3) is 0.600. The van der Waals surface area contributed by atoms with Crippen molar-refractivity contribution in [2.24, 2.45) is 11.8 Å². The van der Waals surface area contributed by atoms with Crippen molar-refractivity contribution in [3.63, 3.8) is 0 Å². The summed E-state index contributed by atoms with van der Waals surface area (Å²) in [5.41, 5.74) is 4.53. The van der Waals surface area contributed by atoms with Gasteiger partial charge < -0.3 is 14.4 Å². The van der Waals surface area contributed by atoms with E-state index in [1.54, 1.807) is 12.7 Å². The minimum absolute atomic E-state index is 0.171. The van der Waals surface area contributed by atoms with E-state index in [4.69, 9.17) is 9.47 Å². The van der Waals surface area contributed by atoms with E-state index in [0.29, 0.717) is 17.9 Å². The van der Waals surface area contributed by atoms with Crippen LogP contribution < -0.4 is 4.74 Å². The first-order chi connectivity index (χ1) is 11.2. The predicted octanol–water partition coefficient (Wildman–Crippen LogP) is 2.70. The molecule has 1 spiro atoms. The molecule has 122 valence electrons. The highest BCUT2D eigenvalue weighted by Gasteiger charge is 2.63. The SMILES string of the molecule is COCC1C=CC2C3Cc4ccc(C)c5c4C2(CCN3C)C1O5. The Bertz CT molecular complexity index is 697. The fourth-order valence-electron chi connectivity index (χ4n) is 5.85. The molecule has 5 atom stereocenters. The van der Waals surface area contributed by atoms with Crippen LogP contribution in [0.25, 0.3) is 0 Å². The Labute approximate surface area is 138 Å². The number of likely N-dealkylation sites (N-methyl/N-ethyl adjacent to an activating group) is 1. The molecule has 2 aliphatic heterocycles. The molecule has 0 aromatic heterocycles. The van der Waals surface area contributed by atoms with Gasteiger partial charge in [-0.15, -0.1) is 0 Å². The van der Waals surface area contributed by atoms with Crippen LogP contribution in [0.3, 0.4) is 0 Å². The first-order valence-electron chi connectivity index (χ1n) is 8.84. The summed E-state index contributed by atoms with van der Waals surface area (Å²) < 4.78 is 12.2. The van der Waals surface area contributed by atoms with Gasteiger partial charge in [0.1, 0.15) is 11.9 Å². The highest BCUT2D eigenvalue weighted by Crippen LogP contribution is 2.62. The number of benzene rings is 1. The first kappa shape index (κ1) is 14.1. The zero-order valence-corrected chi connectivity index (χ0v) is 14.2. The Morgan fingerprint density at radius 3 is 3.04 bits per heavy atom. The smallest absolute Gasteiger partial charge is 0.126 e. The van der Waals surface area contributed by atoms with Gasteiger partial charge in [-0.25, -0.2) is 0 Å². The van der Waals surface area contributed by atoms with Gasteiger partial charge in [0.15, 0.2) is 0 Å². The Kier molecular flexibility index (Phi) is 2.82. The minimum Gasteiger partial charge on any atom is -0.488 e. The molecule has 0 saturated carbocycles. The highest BCUT2D eigenvalue weighted by molar-refractivity contribution is 5.59. The van der Waals surface area contributed by atoms with Gasteiger partial charge in [0.05, 0.1) is 6.61 Å².